The number of ether oxygens (including phenoxy) is 4. The summed E-state index contributed by atoms with van der Waals surface area (Å²) in [7, 11) is 3.31. The van der Waals surface area contributed by atoms with E-state index in [9.17, 15) is 5.11 Å². The Kier molecular flexibility index (Phi) is 7.86. The third kappa shape index (κ3) is 5.35. The molecule has 0 aliphatic heterocycles. The lowest BCUT2D eigenvalue weighted by Crippen LogP contribution is -2.35. The van der Waals surface area contributed by atoms with Gasteiger partial charge in [-0.2, -0.15) is 0 Å². The summed E-state index contributed by atoms with van der Waals surface area (Å²) in [4.78, 5) is 8.27. The van der Waals surface area contributed by atoms with Crippen LogP contribution in [0.2, 0.25) is 0 Å². The summed E-state index contributed by atoms with van der Waals surface area (Å²) in [6, 6.07) is 26.0. The van der Waals surface area contributed by atoms with Crippen molar-refractivity contribution in [1.29, 1.82) is 0 Å². The van der Waals surface area contributed by atoms with Crippen LogP contribution in [0.5, 0.6) is 17.4 Å². The van der Waals surface area contributed by atoms with Gasteiger partial charge in [0.05, 0.1) is 33.1 Å². The van der Waals surface area contributed by atoms with Gasteiger partial charge in [-0.05, 0) is 47.4 Å². The molecule has 0 amide bonds. The predicted octanol–water partition coefficient (Wildman–Crippen LogP) is 5.02. The van der Waals surface area contributed by atoms with Crippen molar-refractivity contribution in [3.8, 4) is 17.4 Å². The molecule has 1 aliphatic carbocycles. The van der Waals surface area contributed by atoms with Crippen molar-refractivity contribution in [3.63, 3.8) is 0 Å². The van der Waals surface area contributed by atoms with Crippen LogP contribution < -0.4 is 14.2 Å². The van der Waals surface area contributed by atoms with E-state index in [0.717, 1.165) is 28.2 Å². The molecule has 1 fully saturated rings. The Labute approximate surface area is 223 Å². The van der Waals surface area contributed by atoms with Gasteiger partial charge in [0.15, 0.2) is 0 Å². The summed E-state index contributed by atoms with van der Waals surface area (Å²) in [5.74, 6) is 1.87. The first kappa shape index (κ1) is 25.7. The van der Waals surface area contributed by atoms with Crippen molar-refractivity contribution in [3.05, 3.63) is 114 Å². The number of methoxy groups -OCH3 is 2. The molecule has 4 aromatic rings. The van der Waals surface area contributed by atoms with Crippen LogP contribution in [0.3, 0.4) is 0 Å². The van der Waals surface area contributed by atoms with Gasteiger partial charge in [-0.3, -0.25) is 4.98 Å². The van der Waals surface area contributed by atoms with Gasteiger partial charge in [0.1, 0.15) is 23.2 Å². The molecule has 3 atom stereocenters. The highest BCUT2D eigenvalue weighted by atomic mass is 16.5. The normalized spacial score (nSPS) is 19.2. The van der Waals surface area contributed by atoms with Crippen LogP contribution in [0.4, 0.5) is 0 Å². The quantitative estimate of drug-likeness (QED) is 0.299. The van der Waals surface area contributed by atoms with Crippen molar-refractivity contribution in [2.75, 3.05) is 20.8 Å². The summed E-state index contributed by atoms with van der Waals surface area (Å²) < 4.78 is 23.8. The standard InChI is InChI=1S/C31H32N2O5/c1-35-26-12-8-24(9-13-26)31(23-6-4-3-5-7-23,25-10-14-27(36-2)15-11-25)37-21-22-18-28(19-29(22)34)38-30-20-32-16-17-33-30/h3-17,20,22,28-29,34H,18-19,21H2,1-2H3/t22-,28-,29-/m1/s1. The van der Waals surface area contributed by atoms with Gasteiger partial charge in [-0.15, -0.1) is 0 Å². The Bertz CT molecular complexity index is 1240. The fraction of sp³-hybridized carbons (Fsp3) is 0.290. The number of aliphatic hydroxyl groups is 1. The Hall–Kier alpha value is -3.94. The average Bonchev–Trinajstić information content (AvgIpc) is 3.33. The van der Waals surface area contributed by atoms with Gasteiger partial charge in [0.25, 0.3) is 0 Å². The molecule has 7 heteroatoms. The van der Waals surface area contributed by atoms with E-state index in [0.29, 0.717) is 25.3 Å². The van der Waals surface area contributed by atoms with Crippen LogP contribution in [0.15, 0.2) is 97.5 Å². The van der Waals surface area contributed by atoms with Crippen LogP contribution >= 0.6 is 0 Å². The van der Waals surface area contributed by atoms with Gasteiger partial charge in [-0.1, -0.05) is 54.6 Å². The van der Waals surface area contributed by atoms with Crippen LogP contribution in [-0.2, 0) is 10.3 Å². The van der Waals surface area contributed by atoms with Crippen molar-refractivity contribution in [2.45, 2.75) is 30.7 Å². The fourth-order valence-electron chi connectivity index (χ4n) is 5.15. The Morgan fingerprint density at radius 1 is 0.789 bits per heavy atom. The van der Waals surface area contributed by atoms with E-state index in [1.807, 2.05) is 66.7 Å². The van der Waals surface area contributed by atoms with E-state index in [2.05, 4.69) is 22.1 Å². The largest absolute Gasteiger partial charge is 0.497 e. The van der Waals surface area contributed by atoms with E-state index in [1.165, 1.54) is 0 Å². The Morgan fingerprint density at radius 3 is 1.95 bits per heavy atom. The molecule has 0 radical (unpaired) electrons. The van der Waals surface area contributed by atoms with Gasteiger partial charge in [0.2, 0.25) is 5.88 Å². The zero-order valence-corrected chi connectivity index (χ0v) is 21.6. The van der Waals surface area contributed by atoms with Gasteiger partial charge in [0, 0.05) is 24.7 Å². The number of rotatable bonds is 10. The summed E-state index contributed by atoms with van der Waals surface area (Å²) in [6.07, 6.45) is 5.22. The number of hydrogen-bond acceptors (Lipinski definition) is 7. The Morgan fingerprint density at radius 2 is 1.39 bits per heavy atom. The minimum Gasteiger partial charge on any atom is -0.497 e. The van der Waals surface area contributed by atoms with Crippen LogP contribution in [0, 0.1) is 5.92 Å². The van der Waals surface area contributed by atoms with Crippen molar-refractivity contribution in [2.24, 2.45) is 5.92 Å². The Balaban J connectivity index is 1.49. The van der Waals surface area contributed by atoms with E-state index in [1.54, 1.807) is 32.8 Å². The fourth-order valence-corrected chi connectivity index (χ4v) is 5.15. The molecule has 5 rings (SSSR count). The van der Waals surface area contributed by atoms with Gasteiger partial charge >= 0.3 is 0 Å². The zero-order valence-electron chi connectivity index (χ0n) is 21.6. The molecule has 7 nitrogen and oxygen atoms in total. The SMILES string of the molecule is COc1ccc(C(OC[C@H]2C[C@@H](Oc3cnccn3)C[C@H]2O)(c2ccccc2)c2ccc(OC)cc2)cc1. The van der Waals surface area contributed by atoms with Crippen molar-refractivity contribution < 1.29 is 24.1 Å². The number of hydrogen-bond donors (Lipinski definition) is 1. The minimum atomic E-state index is -0.927. The van der Waals surface area contributed by atoms with Crippen LogP contribution in [0.25, 0.3) is 0 Å². The molecule has 1 saturated carbocycles. The van der Waals surface area contributed by atoms with Crippen molar-refractivity contribution in [1.82, 2.24) is 9.97 Å². The molecule has 0 spiro atoms. The molecule has 38 heavy (non-hydrogen) atoms. The highest BCUT2D eigenvalue weighted by Crippen LogP contribution is 2.43. The molecule has 0 unspecified atom stereocenters. The lowest BCUT2D eigenvalue weighted by atomic mass is 9.80. The highest BCUT2D eigenvalue weighted by Gasteiger charge is 2.41. The second-order valence-electron chi connectivity index (χ2n) is 9.40. The minimum absolute atomic E-state index is 0.115. The summed E-state index contributed by atoms with van der Waals surface area (Å²) in [5.41, 5.74) is 1.96. The smallest absolute Gasteiger partial charge is 0.232 e. The molecule has 3 aromatic carbocycles. The first-order valence-electron chi connectivity index (χ1n) is 12.7. The third-order valence-electron chi connectivity index (χ3n) is 7.13. The van der Waals surface area contributed by atoms with Crippen molar-refractivity contribution >= 4 is 0 Å². The molecule has 196 valence electrons. The van der Waals surface area contributed by atoms with E-state index >= 15 is 0 Å². The second kappa shape index (κ2) is 11.6. The topological polar surface area (TPSA) is 82.9 Å². The number of aliphatic hydroxyl groups excluding tert-OH is 1. The molecule has 0 bridgehead atoms. The number of benzene rings is 3. The zero-order chi connectivity index (χ0) is 26.4. The monoisotopic (exact) mass is 512 g/mol. The number of aromatic nitrogens is 2. The molecule has 1 aromatic heterocycles. The molecule has 0 saturated heterocycles. The van der Waals surface area contributed by atoms with Crippen LogP contribution in [-0.4, -0.2) is 48.1 Å². The predicted molar refractivity (Wildman–Crippen MR) is 143 cm³/mol. The molecular weight excluding hydrogens is 480 g/mol. The molecular formula is C31H32N2O5. The number of nitrogens with zero attached hydrogens (tertiary/aromatic N) is 2. The van der Waals surface area contributed by atoms with E-state index in [4.69, 9.17) is 18.9 Å². The maximum atomic E-state index is 11.0. The van der Waals surface area contributed by atoms with Crippen LogP contribution in [0.1, 0.15) is 29.5 Å². The maximum absolute atomic E-state index is 11.0. The van der Waals surface area contributed by atoms with Gasteiger partial charge < -0.3 is 24.1 Å². The first-order valence-corrected chi connectivity index (χ1v) is 12.7. The van der Waals surface area contributed by atoms with E-state index in [-0.39, 0.29) is 12.0 Å². The highest BCUT2D eigenvalue weighted by molar-refractivity contribution is 5.49. The molecule has 1 aliphatic rings. The molecule has 1 heterocycles. The van der Waals surface area contributed by atoms with Gasteiger partial charge in [-0.25, -0.2) is 4.98 Å². The maximum Gasteiger partial charge on any atom is 0.232 e. The summed E-state index contributed by atoms with van der Waals surface area (Å²) >= 11 is 0. The third-order valence-corrected chi connectivity index (χ3v) is 7.13. The second-order valence-corrected chi connectivity index (χ2v) is 9.40. The molecule has 1 N–H and O–H groups in total. The summed E-state index contributed by atoms with van der Waals surface area (Å²) in [5, 5.41) is 11.0. The summed E-state index contributed by atoms with van der Waals surface area (Å²) in [6.45, 7) is 0.328. The van der Waals surface area contributed by atoms with E-state index < -0.39 is 11.7 Å². The average molecular weight is 513 g/mol. The lowest BCUT2D eigenvalue weighted by Gasteiger charge is -2.37. The lowest BCUT2D eigenvalue weighted by molar-refractivity contribution is -0.0298. The first-order chi connectivity index (χ1) is 18.6.